The van der Waals surface area contributed by atoms with Gasteiger partial charge in [0.1, 0.15) is 18.0 Å². The van der Waals surface area contributed by atoms with Gasteiger partial charge in [-0.3, -0.25) is 0 Å². The molecule has 5 nitrogen and oxygen atoms in total. The maximum Gasteiger partial charge on any atom is 0.408 e. The normalized spacial score (nSPS) is 21.3. The second-order valence-electron chi connectivity index (χ2n) is 5.96. The summed E-state index contributed by atoms with van der Waals surface area (Å²) in [6.45, 7) is 0.102. The fourth-order valence-corrected chi connectivity index (χ4v) is 2.90. The van der Waals surface area contributed by atoms with Crippen LogP contribution in [0, 0.1) is 5.82 Å². The summed E-state index contributed by atoms with van der Waals surface area (Å²) >= 11 is 0. The number of halogens is 1. The zero-order valence-corrected chi connectivity index (χ0v) is 13.7. The molecule has 25 heavy (non-hydrogen) atoms. The molecule has 2 aromatic rings. The molecular weight excluding hydrogens is 325 g/mol. The third-order valence-corrected chi connectivity index (χ3v) is 4.32. The summed E-state index contributed by atoms with van der Waals surface area (Å²) in [5, 5.41) is 2.62. The Hall–Kier alpha value is -2.89. The molecule has 1 saturated carbocycles. The van der Waals surface area contributed by atoms with Crippen LogP contribution in [-0.2, 0) is 20.9 Å². The first-order valence-corrected chi connectivity index (χ1v) is 7.88. The van der Waals surface area contributed by atoms with E-state index in [1.165, 1.54) is 19.2 Å². The average Bonchev–Trinajstić information content (AvgIpc) is 3.36. The van der Waals surface area contributed by atoms with E-state index in [0.29, 0.717) is 6.42 Å². The number of methoxy groups -OCH3 is 1. The summed E-state index contributed by atoms with van der Waals surface area (Å²) in [5.41, 5.74) is 0.436. The Labute approximate surface area is 144 Å². The molecule has 1 unspecified atom stereocenters. The van der Waals surface area contributed by atoms with Crippen molar-refractivity contribution >= 4 is 12.1 Å². The minimum absolute atomic E-state index is 0.102. The van der Waals surface area contributed by atoms with E-state index < -0.39 is 17.6 Å². The van der Waals surface area contributed by atoms with Crippen molar-refractivity contribution in [2.24, 2.45) is 0 Å². The summed E-state index contributed by atoms with van der Waals surface area (Å²) in [6, 6.07) is 15.1. The van der Waals surface area contributed by atoms with E-state index in [9.17, 15) is 14.0 Å². The van der Waals surface area contributed by atoms with Crippen molar-refractivity contribution in [3.8, 4) is 0 Å². The maximum atomic E-state index is 13.1. The number of nitrogens with one attached hydrogen (secondary N) is 1. The van der Waals surface area contributed by atoms with Crippen LogP contribution in [0.5, 0.6) is 0 Å². The monoisotopic (exact) mass is 343 g/mol. The van der Waals surface area contributed by atoms with Crippen LogP contribution >= 0.6 is 0 Å². The van der Waals surface area contributed by atoms with Crippen LogP contribution in [0.3, 0.4) is 0 Å². The highest BCUT2D eigenvalue weighted by molar-refractivity contribution is 5.91. The van der Waals surface area contributed by atoms with Crippen LogP contribution in [0.2, 0.25) is 0 Å². The molecule has 130 valence electrons. The smallest absolute Gasteiger partial charge is 0.408 e. The van der Waals surface area contributed by atoms with Gasteiger partial charge in [-0.15, -0.1) is 0 Å². The number of alkyl carbamates (subject to hydrolysis) is 1. The SMILES string of the molecule is COC(=O)C1(NC(=O)OCc2ccccc2)C[C@H]1c1ccc(F)cc1. The van der Waals surface area contributed by atoms with Gasteiger partial charge in [-0.25, -0.2) is 14.0 Å². The zero-order valence-electron chi connectivity index (χ0n) is 13.7. The number of carbonyl (C=O) groups is 2. The minimum atomic E-state index is -1.17. The molecule has 1 aliphatic carbocycles. The predicted octanol–water partition coefficient (Wildman–Crippen LogP) is 3.15. The van der Waals surface area contributed by atoms with Gasteiger partial charge in [-0.1, -0.05) is 42.5 Å². The molecule has 2 atom stereocenters. The molecule has 0 bridgehead atoms. The van der Waals surface area contributed by atoms with Crippen molar-refractivity contribution in [1.82, 2.24) is 5.32 Å². The Morgan fingerprint density at radius 3 is 2.48 bits per heavy atom. The van der Waals surface area contributed by atoms with E-state index in [1.807, 2.05) is 30.3 Å². The number of esters is 1. The molecular formula is C19H18FNO4. The summed E-state index contributed by atoms with van der Waals surface area (Å²) in [6.07, 6.45) is -0.315. The van der Waals surface area contributed by atoms with E-state index in [-0.39, 0.29) is 18.3 Å². The second-order valence-corrected chi connectivity index (χ2v) is 5.96. The molecule has 0 radical (unpaired) electrons. The van der Waals surface area contributed by atoms with Gasteiger partial charge >= 0.3 is 12.1 Å². The van der Waals surface area contributed by atoms with Gasteiger partial charge in [0.25, 0.3) is 0 Å². The minimum Gasteiger partial charge on any atom is -0.467 e. The predicted molar refractivity (Wildman–Crippen MR) is 88.3 cm³/mol. The quantitative estimate of drug-likeness (QED) is 0.847. The molecule has 0 saturated heterocycles. The molecule has 1 aliphatic rings. The van der Waals surface area contributed by atoms with E-state index in [4.69, 9.17) is 9.47 Å². The number of amides is 1. The van der Waals surface area contributed by atoms with Gasteiger partial charge < -0.3 is 14.8 Å². The number of ether oxygens (including phenoxy) is 2. The van der Waals surface area contributed by atoms with E-state index in [0.717, 1.165) is 11.1 Å². The third kappa shape index (κ3) is 3.63. The number of rotatable bonds is 5. The first-order chi connectivity index (χ1) is 12.0. The Morgan fingerprint density at radius 1 is 1.16 bits per heavy atom. The third-order valence-electron chi connectivity index (χ3n) is 4.32. The largest absolute Gasteiger partial charge is 0.467 e. The van der Waals surface area contributed by atoms with Crippen molar-refractivity contribution in [2.45, 2.75) is 24.5 Å². The second kappa shape index (κ2) is 6.93. The zero-order chi connectivity index (χ0) is 17.9. The van der Waals surface area contributed by atoms with Crippen LogP contribution in [-0.4, -0.2) is 24.7 Å². The Kier molecular flexibility index (Phi) is 4.70. The molecule has 0 aliphatic heterocycles. The fourth-order valence-electron chi connectivity index (χ4n) is 2.90. The molecule has 2 aromatic carbocycles. The highest BCUT2D eigenvalue weighted by atomic mass is 19.1. The standard InChI is InChI=1S/C19H18FNO4/c1-24-17(22)19(11-16(19)14-7-9-15(20)10-8-14)21-18(23)25-12-13-5-3-2-4-6-13/h2-10,16H,11-12H2,1H3,(H,21,23)/t16-,19?/m0/s1. The Balaban J connectivity index is 1.67. The van der Waals surface area contributed by atoms with Gasteiger partial charge in [0, 0.05) is 5.92 Å². The lowest BCUT2D eigenvalue weighted by Gasteiger charge is -2.17. The molecule has 6 heteroatoms. The van der Waals surface area contributed by atoms with Gasteiger partial charge in [0.15, 0.2) is 0 Å². The Morgan fingerprint density at radius 2 is 1.84 bits per heavy atom. The molecule has 3 rings (SSSR count). The number of benzene rings is 2. The number of carbonyl (C=O) groups excluding carboxylic acids is 2. The average molecular weight is 343 g/mol. The van der Waals surface area contributed by atoms with Crippen LogP contribution in [0.15, 0.2) is 54.6 Å². The molecule has 1 N–H and O–H groups in total. The van der Waals surface area contributed by atoms with Gasteiger partial charge in [0.2, 0.25) is 0 Å². The molecule has 1 amide bonds. The van der Waals surface area contributed by atoms with Gasteiger partial charge in [-0.05, 0) is 29.7 Å². The van der Waals surface area contributed by atoms with Crippen LogP contribution < -0.4 is 5.32 Å². The van der Waals surface area contributed by atoms with Crippen molar-refractivity contribution in [3.63, 3.8) is 0 Å². The van der Waals surface area contributed by atoms with E-state index in [2.05, 4.69) is 5.32 Å². The molecule has 0 aromatic heterocycles. The topological polar surface area (TPSA) is 64.6 Å². The lowest BCUT2D eigenvalue weighted by molar-refractivity contribution is -0.144. The first-order valence-electron chi connectivity index (χ1n) is 7.88. The van der Waals surface area contributed by atoms with Crippen molar-refractivity contribution < 1.29 is 23.5 Å². The van der Waals surface area contributed by atoms with Crippen molar-refractivity contribution in [3.05, 3.63) is 71.5 Å². The summed E-state index contributed by atoms with van der Waals surface area (Å²) in [4.78, 5) is 24.3. The summed E-state index contributed by atoms with van der Waals surface area (Å²) in [5.74, 6) is -1.17. The summed E-state index contributed by atoms with van der Waals surface area (Å²) in [7, 11) is 1.26. The fraction of sp³-hybridized carbons (Fsp3) is 0.263. The van der Waals surface area contributed by atoms with Crippen molar-refractivity contribution in [1.29, 1.82) is 0 Å². The van der Waals surface area contributed by atoms with Crippen LogP contribution in [0.1, 0.15) is 23.5 Å². The van der Waals surface area contributed by atoms with Crippen LogP contribution in [0.4, 0.5) is 9.18 Å². The Bertz CT molecular complexity index is 763. The molecule has 0 spiro atoms. The maximum absolute atomic E-state index is 13.1. The first kappa shape index (κ1) is 17.0. The summed E-state index contributed by atoms with van der Waals surface area (Å²) < 4.78 is 23.1. The van der Waals surface area contributed by atoms with Crippen LogP contribution in [0.25, 0.3) is 0 Å². The highest BCUT2D eigenvalue weighted by Crippen LogP contribution is 2.52. The lowest BCUT2D eigenvalue weighted by Crippen LogP contribution is -2.45. The number of hydrogen-bond acceptors (Lipinski definition) is 4. The van der Waals surface area contributed by atoms with Gasteiger partial charge in [-0.2, -0.15) is 0 Å². The lowest BCUT2D eigenvalue weighted by atomic mass is 10.1. The van der Waals surface area contributed by atoms with E-state index >= 15 is 0 Å². The van der Waals surface area contributed by atoms with Crippen molar-refractivity contribution in [2.75, 3.05) is 7.11 Å². The van der Waals surface area contributed by atoms with Gasteiger partial charge in [0.05, 0.1) is 7.11 Å². The molecule has 1 fully saturated rings. The van der Waals surface area contributed by atoms with E-state index in [1.54, 1.807) is 12.1 Å². The molecule has 0 heterocycles. The number of hydrogen-bond donors (Lipinski definition) is 1. The highest BCUT2D eigenvalue weighted by Gasteiger charge is 2.63.